The van der Waals surface area contributed by atoms with Crippen LogP contribution in [0.1, 0.15) is 26.3 Å². The quantitative estimate of drug-likeness (QED) is 0.860. The molecule has 0 radical (unpaired) electrons. The van der Waals surface area contributed by atoms with Crippen LogP contribution in [0.5, 0.6) is 0 Å². The molecule has 1 aromatic rings. The van der Waals surface area contributed by atoms with Crippen molar-refractivity contribution < 1.29 is 19.1 Å². The van der Waals surface area contributed by atoms with Crippen molar-refractivity contribution in [2.24, 2.45) is 5.41 Å². The Labute approximate surface area is 160 Å². The Hall–Kier alpha value is -2.28. The van der Waals surface area contributed by atoms with Crippen LogP contribution in [0.2, 0.25) is 0 Å². The highest BCUT2D eigenvalue weighted by Gasteiger charge is 2.48. The molecule has 7 nitrogen and oxygen atoms in total. The monoisotopic (exact) mass is 375 g/mol. The van der Waals surface area contributed by atoms with Gasteiger partial charge in [0.1, 0.15) is 12.2 Å². The number of hydrogen-bond acceptors (Lipinski definition) is 5. The Balaban J connectivity index is 1.53. The Morgan fingerprint density at radius 3 is 2.41 bits per heavy atom. The zero-order chi connectivity index (χ0) is 19.5. The smallest absolute Gasteiger partial charge is 0.410 e. The minimum absolute atomic E-state index is 0.140. The van der Waals surface area contributed by atoms with Crippen LogP contribution in [-0.2, 0) is 16.1 Å². The molecule has 2 fully saturated rings. The van der Waals surface area contributed by atoms with E-state index in [2.05, 4.69) is 5.32 Å². The predicted molar refractivity (Wildman–Crippen MR) is 101 cm³/mol. The number of benzene rings is 1. The first-order valence-corrected chi connectivity index (χ1v) is 9.41. The van der Waals surface area contributed by atoms with Gasteiger partial charge in [-0.15, -0.1) is 0 Å². The maximum absolute atomic E-state index is 12.5. The van der Waals surface area contributed by atoms with Gasteiger partial charge in [-0.05, 0) is 26.3 Å². The SMILES string of the molecule is CC(C)(C)OC(=O)N1CC2(CNCCN(C(=O)OCc3ccccc3)C2)C1. The standard InChI is InChI=1S/C20H29N3O4/c1-19(2,3)27-18(25)23-14-20(15-23)12-21-9-10-22(13-20)17(24)26-11-16-7-5-4-6-8-16/h4-8,21H,9-15H2,1-3H3. The third-order valence-electron chi connectivity index (χ3n) is 4.75. The first-order chi connectivity index (χ1) is 12.8. The molecule has 0 unspecified atom stereocenters. The molecule has 27 heavy (non-hydrogen) atoms. The molecular weight excluding hydrogens is 346 g/mol. The molecule has 7 heteroatoms. The van der Waals surface area contributed by atoms with Crippen LogP contribution >= 0.6 is 0 Å². The minimum Gasteiger partial charge on any atom is -0.445 e. The molecule has 0 aromatic heterocycles. The topological polar surface area (TPSA) is 71.1 Å². The van der Waals surface area contributed by atoms with Crippen molar-refractivity contribution in [1.29, 1.82) is 0 Å². The lowest BCUT2D eigenvalue weighted by molar-refractivity contribution is -0.0405. The zero-order valence-corrected chi connectivity index (χ0v) is 16.4. The summed E-state index contributed by atoms with van der Waals surface area (Å²) >= 11 is 0. The van der Waals surface area contributed by atoms with Crippen molar-refractivity contribution in [2.75, 3.05) is 39.3 Å². The number of carbonyl (C=O) groups is 2. The molecule has 1 N–H and O–H groups in total. The Morgan fingerprint density at radius 2 is 1.74 bits per heavy atom. The van der Waals surface area contributed by atoms with Crippen LogP contribution in [0.3, 0.4) is 0 Å². The molecule has 2 heterocycles. The van der Waals surface area contributed by atoms with E-state index in [1.807, 2.05) is 51.1 Å². The lowest BCUT2D eigenvalue weighted by Crippen LogP contribution is -2.65. The van der Waals surface area contributed by atoms with Crippen LogP contribution in [0.25, 0.3) is 0 Å². The minimum atomic E-state index is -0.505. The maximum atomic E-state index is 12.5. The molecule has 0 saturated carbocycles. The summed E-state index contributed by atoms with van der Waals surface area (Å²) in [6, 6.07) is 9.65. The van der Waals surface area contributed by atoms with Gasteiger partial charge < -0.3 is 24.6 Å². The summed E-state index contributed by atoms with van der Waals surface area (Å²) < 4.78 is 10.9. The molecule has 0 bridgehead atoms. The first kappa shape index (κ1) is 19.5. The van der Waals surface area contributed by atoms with Crippen molar-refractivity contribution in [3.8, 4) is 0 Å². The van der Waals surface area contributed by atoms with Crippen molar-refractivity contribution >= 4 is 12.2 Å². The van der Waals surface area contributed by atoms with Gasteiger partial charge in [-0.1, -0.05) is 30.3 Å². The zero-order valence-electron chi connectivity index (χ0n) is 16.4. The van der Waals surface area contributed by atoms with Gasteiger partial charge in [0, 0.05) is 44.7 Å². The van der Waals surface area contributed by atoms with Crippen molar-refractivity contribution in [3.05, 3.63) is 35.9 Å². The van der Waals surface area contributed by atoms with Crippen LogP contribution < -0.4 is 5.32 Å². The highest BCUT2D eigenvalue weighted by atomic mass is 16.6. The Bertz CT molecular complexity index is 666. The second kappa shape index (κ2) is 7.76. The number of nitrogens with one attached hydrogen (secondary N) is 1. The van der Waals surface area contributed by atoms with E-state index < -0.39 is 5.60 Å². The van der Waals surface area contributed by atoms with Gasteiger partial charge >= 0.3 is 12.2 Å². The number of carbonyl (C=O) groups excluding carboxylic acids is 2. The van der Waals surface area contributed by atoms with Crippen LogP contribution in [0.4, 0.5) is 9.59 Å². The van der Waals surface area contributed by atoms with Gasteiger partial charge in [0.15, 0.2) is 0 Å². The van der Waals surface area contributed by atoms with Gasteiger partial charge in [-0.25, -0.2) is 9.59 Å². The molecule has 148 valence electrons. The van der Waals surface area contributed by atoms with E-state index in [0.29, 0.717) is 32.7 Å². The van der Waals surface area contributed by atoms with Crippen LogP contribution in [0, 0.1) is 5.41 Å². The normalized spacial score (nSPS) is 19.2. The third-order valence-corrected chi connectivity index (χ3v) is 4.75. The molecule has 2 amide bonds. The van der Waals surface area contributed by atoms with Gasteiger partial charge in [0.05, 0.1) is 0 Å². The van der Waals surface area contributed by atoms with Gasteiger partial charge in [-0.2, -0.15) is 0 Å². The summed E-state index contributed by atoms with van der Waals surface area (Å²) in [6.45, 7) is 9.67. The summed E-state index contributed by atoms with van der Waals surface area (Å²) in [6.07, 6.45) is -0.603. The van der Waals surface area contributed by atoms with Gasteiger partial charge in [-0.3, -0.25) is 0 Å². The summed E-state index contributed by atoms with van der Waals surface area (Å²) in [5.74, 6) is 0. The summed E-state index contributed by atoms with van der Waals surface area (Å²) in [4.78, 5) is 28.2. The lowest BCUT2D eigenvalue weighted by atomic mass is 9.79. The summed E-state index contributed by atoms with van der Waals surface area (Å²) in [5, 5.41) is 3.38. The Kier molecular flexibility index (Phi) is 5.60. The fourth-order valence-electron chi connectivity index (χ4n) is 3.50. The van der Waals surface area contributed by atoms with E-state index in [1.54, 1.807) is 9.80 Å². The largest absolute Gasteiger partial charge is 0.445 e. The Morgan fingerprint density at radius 1 is 1.07 bits per heavy atom. The van der Waals surface area contributed by atoms with Gasteiger partial charge in [0.2, 0.25) is 0 Å². The fourth-order valence-corrected chi connectivity index (χ4v) is 3.50. The average Bonchev–Trinajstić information content (AvgIpc) is 2.81. The van der Waals surface area contributed by atoms with Crippen molar-refractivity contribution in [3.63, 3.8) is 0 Å². The lowest BCUT2D eigenvalue weighted by Gasteiger charge is -2.50. The van der Waals surface area contributed by atoms with E-state index in [-0.39, 0.29) is 24.2 Å². The van der Waals surface area contributed by atoms with E-state index >= 15 is 0 Å². The number of nitrogens with zero attached hydrogens (tertiary/aromatic N) is 2. The van der Waals surface area contributed by atoms with Crippen molar-refractivity contribution in [2.45, 2.75) is 33.0 Å². The summed E-state index contributed by atoms with van der Waals surface area (Å²) in [7, 11) is 0. The second-order valence-corrected chi connectivity index (χ2v) is 8.47. The number of hydrogen-bond donors (Lipinski definition) is 1. The number of ether oxygens (including phenoxy) is 2. The average molecular weight is 375 g/mol. The highest BCUT2D eigenvalue weighted by Crippen LogP contribution is 2.33. The molecule has 3 rings (SSSR count). The fraction of sp³-hybridized carbons (Fsp3) is 0.600. The maximum Gasteiger partial charge on any atom is 0.410 e. The van der Waals surface area contributed by atoms with Crippen molar-refractivity contribution in [1.82, 2.24) is 15.1 Å². The third kappa shape index (κ3) is 5.13. The molecule has 0 aliphatic carbocycles. The van der Waals surface area contributed by atoms with E-state index in [1.165, 1.54) is 0 Å². The molecule has 2 aliphatic heterocycles. The van der Waals surface area contributed by atoms with Crippen LogP contribution in [0.15, 0.2) is 30.3 Å². The first-order valence-electron chi connectivity index (χ1n) is 9.41. The van der Waals surface area contributed by atoms with Crippen LogP contribution in [-0.4, -0.2) is 66.9 Å². The molecule has 1 spiro atoms. The molecular formula is C20H29N3O4. The molecule has 1 aromatic carbocycles. The van der Waals surface area contributed by atoms with E-state index in [0.717, 1.165) is 12.1 Å². The van der Waals surface area contributed by atoms with Gasteiger partial charge in [0.25, 0.3) is 0 Å². The van der Waals surface area contributed by atoms with E-state index in [4.69, 9.17) is 9.47 Å². The second-order valence-electron chi connectivity index (χ2n) is 8.47. The number of rotatable bonds is 2. The molecule has 0 atom stereocenters. The molecule has 2 aliphatic rings. The van der Waals surface area contributed by atoms with E-state index in [9.17, 15) is 9.59 Å². The number of amides is 2. The molecule has 2 saturated heterocycles. The predicted octanol–water partition coefficient (Wildman–Crippen LogP) is 2.47. The number of likely N-dealkylation sites (tertiary alicyclic amines) is 1. The summed E-state index contributed by atoms with van der Waals surface area (Å²) in [5.41, 5.74) is 0.321. The highest BCUT2D eigenvalue weighted by molar-refractivity contribution is 5.70.